The molecule has 0 aliphatic carbocycles. The van der Waals surface area contributed by atoms with E-state index in [1.807, 2.05) is 30.7 Å². The van der Waals surface area contributed by atoms with Gasteiger partial charge in [0.2, 0.25) is 5.91 Å². The fourth-order valence-electron chi connectivity index (χ4n) is 2.01. The lowest BCUT2D eigenvalue weighted by Gasteiger charge is -2.08. The molecule has 2 rings (SSSR count). The van der Waals surface area contributed by atoms with Gasteiger partial charge in [-0.25, -0.2) is 0 Å². The van der Waals surface area contributed by atoms with Crippen LogP contribution in [0.4, 0.5) is 5.69 Å². The zero-order chi connectivity index (χ0) is 16.3. The van der Waals surface area contributed by atoms with E-state index in [9.17, 15) is 4.79 Å². The molecule has 0 saturated heterocycles. The van der Waals surface area contributed by atoms with Gasteiger partial charge in [0.1, 0.15) is 5.82 Å². The second-order valence-corrected chi connectivity index (χ2v) is 6.72. The molecule has 1 aromatic heterocycles. The Hall–Kier alpha value is -1.53. The first kappa shape index (κ1) is 16.8. The molecule has 0 spiro atoms. The zero-order valence-electron chi connectivity index (χ0n) is 13.1. The van der Waals surface area contributed by atoms with E-state index in [1.165, 1.54) is 11.8 Å². The lowest BCUT2D eigenvalue weighted by atomic mass is 10.2. The SMILES string of the molecule is Cc1ccc(Cl)c(NC(=O)CSc2nnc(C(C)C)n2C)c1. The van der Waals surface area contributed by atoms with Gasteiger partial charge in [-0.2, -0.15) is 0 Å². The number of hydrogen-bond donors (Lipinski definition) is 1. The van der Waals surface area contributed by atoms with E-state index >= 15 is 0 Å². The molecule has 2 aromatic rings. The molecule has 0 radical (unpaired) electrons. The number of benzene rings is 1. The summed E-state index contributed by atoms with van der Waals surface area (Å²) in [7, 11) is 1.91. The van der Waals surface area contributed by atoms with Gasteiger partial charge in [-0.1, -0.05) is 43.3 Å². The summed E-state index contributed by atoms with van der Waals surface area (Å²) >= 11 is 7.43. The number of anilines is 1. The second-order valence-electron chi connectivity index (χ2n) is 5.37. The Morgan fingerprint density at radius 2 is 2.14 bits per heavy atom. The maximum atomic E-state index is 12.1. The number of nitrogens with zero attached hydrogens (tertiary/aromatic N) is 3. The largest absolute Gasteiger partial charge is 0.324 e. The predicted molar refractivity (Wildman–Crippen MR) is 90.6 cm³/mol. The van der Waals surface area contributed by atoms with E-state index in [2.05, 4.69) is 29.4 Å². The molecule has 0 bridgehead atoms. The molecule has 0 aliphatic rings. The maximum absolute atomic E-state index is 12.1. The van der Waals surface area contributed by atoms with E-state index in [4.69, 9.17) is 11.6 Å². The lowest BCUT2D eigenvalue weighted by molar-refractivity contribution is -0.113. The van der Waals surface area contributed by atoms with Crippen LogP contribution in [0.25, 0.3) is 0 Å². The third-order valence-corrected chi connectivity index (χ3v) is 4.46. The number of aryl methyl sites for hydroxylation is 1. The fourth-order valence-corrected chi connectivity index (χ4v) is 2.89. The number of thioether (sulfide) groups is 1. The molecule has 118 valence electrons. The summed E-state index contributed by atoms with van der Waals surface area (Å²) < 4.78 is 1.92. The van der Waals surface area contributed by atoms with Crippen LogP contribution in [0, 0.1) is 6.92 Å². The summed E-state index contributed by atoms with van der Waals surface area (Å²) in [5, 5.41) is 12.3. The molecule has 7 heteroatoms. The van der Waals surface area contributed by atoms with Crippen LogP contribution in [-0.4, -0.2) is 26.4 Å². The van der Waals surface area contributed by atoms with Crippen molar-refractivity contribution in [2.75, 3.05) is 11.1 Å². The molecule has 1 heterocycles. The zero-order valence-corrected chi connectivity index (χ0v) is 14.6. The summed E-state index contributed by atoms with van der Waals surface area (Å²) in [6.45, 7) is 6.07. The molecule has 22 heavy (non-hydrogen) atoms. The van der Waals surface area contributed by atoms with E-state index in [0.29, 0.717) is 16.6 Å². The third-order valence-electron chi connectivity index (χ3n) is 3.11. The highest BCUT2D eigenvalue weighted by Crippen LogP contribution is 2.24. The Bertz CT molecular complexity index is 684. The molecule has 0 atom stereocenters. The van der Waals surface area contributed by atoms with Crippen LogP contribution in [0.1, 0.15) is 31.2 Å². The van der Waals surface area contributed by atoms with Crippen molar-refractivity contribution in [2.24, 2.45) is 7.05 Å². The summed E-state index contributed by atoms with van der Waals surface area (Å²) in [4.78, 5) is 12.1. The predicted octanol–water partition coefficient (Wildman–Crippen LogP) is 3.63. The van der Waals surface area contributed by atoms with Crippen LogP contribution in [-0.2, 0) is 11.8 Å². The van der Waals surface area contributed by atoms with Crippen LogP contribution in [0.15, 0.2) is 23.4 Å². The van der Waals surface area contributed by atoms with Crippen molar-refractivity contribution < 1.29 is 4.79 Å². The standard InChI is InChI=1S/C15H19ClN4OS/c1-9(2)14-18-19-15(20(14)4)22-8-13(21)17-12-7-10(3)5-6-11(12)16/h5-7,9H,8H2,1-4H3,(H,17,21). The highest BCUT2D eigenvalue weighted by atomic mass is 35.5. The summed E-state index contributed by atoms with van der Waals surface area (Å²) in [6.07, 6.45) is 0. The van der Waals surface area contributed by atoms with Gasteiger partial charge in [-0.15, -0.1) is 10.2 Å². The minimum Gasteiger partial charge on any atom is -0.324 e. The smallest absolute Gasteiger partial charge is 0.234 e. The molecule has 0 saturated carbocycles. The number of rotatable bonds is 5. The molecule has 5 nitrogen and oxygen atoms in total. The van der Waals surface area contributed by atoms with Crippen molar-refractivity contribution >= 4 is 35.0 Å². The summed E-state index contributed by atoms with van der Waals surface area (Å²) in [5.41, 5.74) is 1.68. The Morgan fingerprint density at radius 3 is 2.77 bits per heavy atom. The Kier molecular flexibility index (Phi) is 5.47. The average Bonchev–Trinajstić information content (AvgIpc) is 2.82. The number of amides is 1. The number of aromatic nitrogens is 3. The second kappa shape index (κ2) is 7.15. The van der Waals surface area contributed by atoms with Gasteiger partial charge in [0.05, 0.1) is 16.5 Å². The molecule has 0 aliphatic heterocycles. The highest BCUT2D eigenvalue weighted by Gasteiger charge is 2.14. The van der Waals surface area contributed by atoms with Gasteiger partial charge in [0.25, 0.3) is 0 Å². The third kappa shape index (κ3) is 4.01. The number of halogens is 1. The summed E-state index contributed by atoms with van der Waals surface area (Å²) in [6, 6.07) is 5.53. The van der Waals surface area contributed by atoms with Crippen LogP contribution < -0.4 is 5.32 Å². The van der Waals surface area contributed by atoms with Crippen molar-refractivity contribution in [3.05, 3.63) is 34.6 Å². The van der Waals surface area contributed by atoms with E-state index in [0.717, 1.165) is 16.5 Å². The normalized spacial score (nSPS) is 11.0. The van der Waals surface area contributed by atoms with E-state index in [-0.39, 0.29) is 11.7 Å². The van der Waals surface area contributed by atoms with Crippen LogP contribution in [0.5, 0.6) is 0 Å². The van der Waals surface area contributed by atoms with Crippen molar-refractivity contribution in [3.8, 4) is 0 Å². The molecule has 0 fully saturated rings. The fraction of sp³-hybridized carbons (Fsp3) is 0.400. The van der Waals surface area contributed by atoms with Crippen LogP contribution in [0.3, 0.4) is 0 Å². The molecule has 1 aromatic carbocycles. The molecule has 0 unspecified atom stereocenters. The number of hydrogen-bond acceptors (Lipinski definition) is 4. The molecular weight excluding hydrogens is 320 g/mol. The molecule has 1 amide bonds. The molecule has 1 N–H and O–H groups in total. The quantitative estimate of drug-likeness (QED) is 0.846. The first-order valence-corrected chi connectivity index (χ1v) is 8.33. The monoisotopic (exact) mass is 338 g/mol. The van der Waals surface area contributed by atoms with Gasteiger partial charge in [-0.05, 0) is 24.6 Å². The lowest BCUT2D eigenvalue weighted by Crippen LogP contribution is -2.15. The van der Waals surface area contributed by atoms with Crippen molar-refractivity contribution in [1.29, 1.82) is 0 Å². The van der Waals surface area contributed by atoms with Crippen molar-refractivity contribution in [1.82, 2.24) is 14.8 Å². The van der Waals surface area contributed by atoms with Gasteiger partial charge in [0, 0.05) is 13.0 Å². The Balaban J connectivity index is 1.97. The Morgan fingerprint density at radius 1 is 1.41 bits per heavy atom. The van der Waals surface area contributed by atoms with Gasteiger partial charge in [0.15, 0.2) is 5.16 Å². The van der Waals surface area contributed by atoms with E-state index in [1.54, 1.807) is 6.07 Å². The topological polar surface area (TPSA) is 59.8 Å². The first-order valence-electron chi connectivity index (χ1n) is 6.96. The Labute approximate surface area is 139 Å². The maximum Gasteiger partial charge on any atom is 0.234 e. The van der Waals surface area contributed by atoms with E-state index < -0.39 is 0 Å². The van der Waals surface area contributed by atoms with Crippen LogP contribution >= 0.6 is 23.4 Å². The van der Waals surface area contributed by atoms with Gasteiger partial charge >= 0.3 is 0 Å². The average molecular weight is 339 g/mol. The number of carbonyl (C=O) groups excluding carboxylic acids is 1. The summed E-state index contributed by atoms with van der Waals surface area (Å²) in [5.74, 6) is 1.34. The van der Waals surface area contributed by atoms with Crippen LogP contribution in [0.2, 0.25) is 5.02 Å². The van der Waals surface area contributed by atoms with Gasteiger partial charge < -0.3 is 9.88 Å². The number of nitrogens with one attached hydrogen (secondary N) is 1. The highest BCUT2D eigenvalue weighted by molar-refractivity contribution is 7.99. The molecular formula is C15H19ClN4OS. The minimum absolute atomic E-state index is 0.119. The minimum atomic E-state index is -0.119. The number of carbonyl (C=O) groups is 1. The first-order chi connectivity index (χ1) is 10.4. The van der Waals surface area contributed by atoms with Crippen molar-refractivity contribution in [2.45, 2.75) is 31.8 Å². The van der Waals surface area contributed by atoms with Gasteiger partial charge in [-0.3, -0.25) is 4.79 Å². The van der Waals surface area contributed by atoms with Crippen molar-refractivity contribution in [3.63, 3.8) is 0 Å².